The Kier molecular flexibility index (Phi) is 4.27. The van der Waals surface area contributed by atoms with Crippen molar-refractivity contribution in [3.8, 4) is 5.69 Å². The maximum absolute atomic E-state index is 11.7. The molecule has 0 spiro atoms. The van der Waals surface area contributed by atoms with E-state index < -0.39 is 15.8 Å². The molecule has 112 valence electrons. The first-order valence-corrected chi connectivity index (χ1v) is 8.18. The zero-order valence-electron chi connectivity index (χ0n) is 11.4. The highest BCUT2D eigenvalue weighted by Crippen LogP contribution is 2.15. The van der Waals surface area contributed by atoms with Crippen LogP contribution in [0.25, 0.3) is 5.69 Å². The summed E-state index contributed by atoms with van der Waals surface area (Å²) in [5, 5.41) is 4.07. The highest BCUT2D eigenvalue weighted by molar-refractivity contribution is 7.90. The van der Waals surface area contributed by atoms with Crippen LogP contribution in [0.4, 0.5) is 5.69 Å². The fourth-order valence-electron chi connectivity index (χ4n) is 1.62. The van der Waals surface area contributed by atoms with Crippen molar-refractivity contribution in [3.63, 3.8) is 0 Å². The molecule has 21 heavy (non-hydrogen) atoms. The second-order valence-electron chi connectivity index (χ2n) is 4.47. The van der Waals surface area contributed by atoms with Crippen LogP contribution in [0.5, 0.6) is 0 Å². The van der Waals surface area contributed by atoms with Gasteiger partial charge in [0, 0.05) is 12.5 Å². The SMILES string of the molecule is CS(=O)(=O)CCOC(=O)c1ccn(-c2ccccc2N)n1. The summed E-state index contributed by atoms with van der Waals surface area (Å²) < 4.78 is 28.2. The van der Waals surface area contributed by atoms with E-state index in [1.807, 2.05) is 0 Å². The molecule has 0 fully saturated rings. The van der Waals surface area contributed by atoms with E-state index in [-0.39, 0.29) is 18.1 Å². The number of ether oxygens (including phenoxy) is 1. The van der Waals surface area contributed by atoms with Gasteiger partial charge >= 0.3 is 5.97 Å². The Morgan fingerprint density at radius 2 is 2.05 bits per heavy atom. The summed E-state index contributed by atoms with van der Waals surface area (Å²) in [4.78, 5) is 11.7. The highest BCUT2D eigenvalue weighted by atomic mass is 32.2. The fraction of sp³-hybridized carbons (Fsp3) is 0.231. The quantitative estimate of drug-likeness (QED) is 0.642. The third-order valence-corrected chi connectivity index (χ3v) is 3.58. The van der Waals surface area contributed by atoms with Gasteiger partial charge in [-0.1, -0.05) is 12.1 Å². The van der Waals surface area contributed by atoms with Crippen molar-refractivity contribution in [2.24, 2.45) is 0 Å². The average Bonchev–Trinajstić information content (AvgIpc) is 2.87. The molecule has 0 amide bonds. The molecular weight excluding hydrogens is 294 g/mol. The van der Waals surface area contributed by atoms with Gasteiger partial charge in [0.15, 0.2) is 15.5 Å². The number of sulfone groups is 1. The van der Waals surface area contributed by atoms with Gasteiger partial charge in [0.25, 0.3) is 0 Å². The fourth-order valence-corrected chi connectivity index (χ4v) is 2.01. The molecule has 0 aliphatic carbocycles. The number of aromatic nitrogens is 2. The molecule has 2 N–H and O–H groups in total. The number of carbonyl (C=O) groups excluding carboxylic acids is 1. The number of nitrogens with two attached hydrogens (primary N) is 1. The Labute approximate surface area is 122 Å². The molecule has 2 aromatic rings. The summed E-state index contributed by atoms with van der Waals surface area (Å²) in [5.41, 5.74) is 7.08. The second-order valence-corrected chi connectivity index (χ2v) is 6.73. The first-order chi connectivity index (χ1) is 9.87. The predicted molar refractivity (Wildman–Crippen MR) is 78.0 cm³/mol. The van der Waals surface area contributed by atoms with Crippen LogP contribution >= 0.6 is 0 Å². The van der Waals surface area contributed by atoms with E-state index in [2.05, 4.69) is 5.10 Å². The van der Waals surface area contributed by atoms with Gasteiger partial charge in [0.1, 0.15) is 6.61 Å². The zero-order chi connectivity index (χ0) is 15.5. The number of nitrogens with zero attached hydrogens (tertiary/aromatic N) is 2. The van der Waals surface area contributed by atoms with Gasteiger partial charge in [0.2, 0.25) is 0 Å². The van der Waals surface area contributed by atoms with Crippen LogP contribution in [-0.2, 0) is 14.6 Å². The van der Waals surface area contributed by atoms with Gasteiger partial charge < -0.3 is 10.5 Å². The average molecular weight is 309 g/mol. The van der Waals surface area contributed by atoms with Gasteiger partial charge in [-0.3, -0.25) is 0 Å². The lowest BCUT2D eigenvalue weighted by Crippen LogP contribution is -2.15. The third-order valence-electron chi connectivity index (χ3n) is 2.67. The number of esters is 1. The molecule has 8 heteroatoms. The van der Waals surface area contributed by atoms with E-state index in [1.165, 1.54) is 10.7 Å². The van der Waals surface area contributed by atoms with E-state index in [0.29, 0.717) is 11.4 Å². The first kappa shape index (κ1) is 15.0. The lowest BCUT2D eigenvalue weighted by Gasteiger charge is -2.04. The summed E-state index contributed by atoms with van der Waals surface area (Å²) in [7, 11) is -3.16. The maximum Gasteiger partial charge on any atom is 0.358 e. The van der Waals surface area contributed by atoms with Crippen LogP contribution in [0.3, 0.4) is 0 Å². The number of rotatable bonds is 5. The van der Waals surface area contributed by atoms with Gasteiger partial charge in [0.05, 0.1) is 17.1 Å². The smallest absolute Gasteiger partial charge is 0.358 e. The second kappa shape index (κ2) is 5.96. The number of benzene rings is 1. The van der Waals surface area contributed by atoms with E-state index in [1.54, 1.807) is 30.5 Å². The number of nitrogen functional groups attached to an aromatic ring is 1. The summed E-state index contributed by atoms with van der Waals surface area (Å²) in [6.07, 6.45) is 2.66. The molecule has 7 nitrogen and oxygen atoms in total. The molecule has 1 aromatic heterocycles. The normalized spacial score (nSPS) is 11.3. The molecule has 0 unspecified atom stereocenters. The van der Waals surface area contributed by atoms with Crippen molar-refractivity contribution in [3.05, 3.63) is 42.2 Å². The lowest BCUT2D eigenvalue weighted by atomic mass is 10.3. The highest BCUT2D eigenvalue weighted by Gasteiger charge is 2.13. The minimum atomic E-state index is -3.16. The minimum absolute atomic E-state index is 0.0896. The molecule has 0 atom stereocenters. The number of para-hydroxylation sites is 2. The molecular formula is C13H15N3O4S. The number of carbonyl (C=O) groups is 1. The van der Waals surface area contributed by atoms with Crippen molar-refractivity contribution in [1.29, 1.82) is 0 Å². The maximum atomic E-state index is 11.7. The lowest BCUT2D eigenvalue weighted by molar-refractivity contribution is 0.0522. The number of hydrogen-bond acceptors (Lipinski definition) is 6. The molecule has 0 aliphatic rings. The van der Waals surface area contributed by atoms with Crippen LogP contribution in [-0.4, -0.2) is 42.8 Å². The molecule has 0 bridgehead atoms. The minimum Gasteiger partial charge on any atom is -0.460 e. The van der Waals surface area contributed by atoms with Crippen LogP contribution in [0.1, 0.15) is 10.5 Å². The molecule has 2 rings (SSSR count). The van der Waals surface area contributed by atoms with E-state index in [9.17, 15) is 13.2 Å². The van der Waals surface area contributed by atoms with Gasteiger partial charge in [-0.15, -0.1) is 0 Å². The van der Waals surface area contributed by atoms with Gasteiger partial charge in [-0.05, 0) is 18.2 Å². The van der Waals surface area contributed by atoms with Crippen molar-refractivity contribution < 1.29 is 17.9 Å². The van der Waals surface area contributed by atoms with E-state index >= 15 is 0 Å². The van der Waals surface area contributed by atoms with Crippen molar-refractivity contribution in [1.82, 2.24) is 9.78 Å². The van der Waals surface area contributed by atoms with Crippen molar-refractivity contribution >= 4 is 21.5 Å². The van der Waals surface area contributed by atoms with E-state index in [0.717, 1.165) is 6.26 Å². The largest absolute Gasteiger partial charge is 0.460 e. The monoisotopic (exact) mass is 309 g/mol. The summed E-state index contributed by atoms with van der Waals surface area (Å²) in [5.74, 6) is -0.891. The Bertz CT molecular complexity index is 752. The molecule has 0 radical (unpaired) electrons. The van der Waals surface area contributed by atoms with Crippen molar-refractivity contribution in [2.45, 2.75) is 0 Å². The topological polar surface area (TPSA) is 104 Å². The molecule has 1 aromatic carbocycles. The molecule has 0 aliphatic heterocycles. The first-order valence-electron chi connectivity index (χ1n) is 6.12. The Hall–Kier alpha value is -2.35. The van der Waals surface area contributed by atoms with E-state index in [4.69, 9.17) is 10.5 Å². The molecule has 0 saturated heterocycles. The van der Waals surface area contributed by atoms with Gasteiger partial charge in [-0.2, -0.15) is 5.10 Å². The Balaban J connectivity index is 2.06. The predicted octanol–water partition coefficient (Wildman–Crippen LogP) is 0.656. The summed E-state index contributed by atoms with van der Waals surface area (Å²) >= 11 is 0. The molecule has 0 saturated carbocycles. The molecule has 1 heterocycles. The summed E-state index contributed by atoms with van der Waals surface area (Å²) in [6, 6.07) is 8.57. The van der Waals surface area contributed by atoms with Crippen LogP contribution < -0.4 is 5.73 Å². The van der Waals surface area contributed by atoms with Crippen LogP contribution in [0, 0.1) is 0 Å². The van der Waals surface area contributed by atoms with Crippen LogP contribution in [0.15, 0.2) is 36.5 Å². The summed E-state index contributed by atoms with van der Waals surface area (Å²) in [6.45, 7) is -0.196. The van der Waals surface area contributed by atoms with Crippen LogP contribution in [0.2, 0.25) is 0 Å². The Morgan fingerprint density at radius 3 is 2.71 bits per heavy atom. The number of hydrogen-bond donors (Lipinski definition) is 1. The number of anilines is 1. The standard InChI is InChI=1S/C13H15N3O4S/c1-21(18,19)9-8-20-13(17)11-6-7-16(15-11)12-5-3-2-4-10(12)14/h2-7H,8-9,14H2,1H3. The zero-order valence-corrected chi connectivity index (χ0v) is 12.2. The van der Waals surface area contributed by atoms with Crippen molar-refractivity contribution in [2.75, 3.05) is 24.3 Å². The third kappa shape index (κ3) is 4.06. The Morgan fingerprint density at radius 1 is 1.33 bits per heavy atom. The van der Waals surface area contributed by atoms with Gasteiger partial charge in [-0.25, -0.2) is 17.9 Å².